The number of nitriles is 1. The van der Waals surface area contributed by atoms with Gasteiger partial charge in [0.05, 0.1) is 11.6 Å². The van der Waals surface area contributed by atoms with E-state index in [0.29, 0.717) is 30.9 Å². The maximum absolute atomic E-state index is 12.9. The Labute approximate surface area is 201 Å². The summed E-state index contributed by atoms with van der Waals surface area (Å²) in [5.41, 5.74) is 5.88. The molecule has 174 valence electrons. The fourth-order valence-electron chi connectivity index (χ4n) is 4.26. The van der Waals surface area contributed by atoms with E-state index < -0.39 is 0 Å². The van der Waals surface area contributed by atoms with E-state index in [-0.39, 0.29) is 6.03 Å². The lowest BCUT2D eigenvalue weighted by Gasteiger charge is -2.26. The van der Waals surface area contributed by atoms with Crippen LogP contribution in [0.5, 0.6) is 0 Å². The lowest BCUT2D eigenvalue weighted by atomic mass is 10.0. The summed E-state index contributed by atoms with van der Waals surface area (Å²) >= 11 is 0. The molecule has 0 unspecified atom stereocenters. The molecule has 1 N–H and O–H groups in total. The van der Waals surface area contributed by atoms with Gasteiger partial charge in [-0.25, -0.2) is 14.8 Å². The highest BCUT2D eigenvalue weighted by molar-refractivity contribution is 5.89. The van der Waals surface area contributed by atoms with Gasteiger partial charge in [-0.3, -0.25) is 0 Å². The van der Waals surface area contributed by atoms with Gasteiger partial charge in [0.1, 0.15) is 11.6 Å². The number of carbonyl (C=O) groups excluding carboxylic acids is 1. The fraction of sp³-hybridized carbons (Fsp3) is 0.333. The highest BCUT2D eigenvalue weighted by Crippen LogP contribution is 2.25. The van der Waals surface area contributed by atoms with Gasteiger partial charge in [0.2, 0.25) is 0 Å². The van der Waals surface area contributed by atoms with E-state index in [9.17, 15) is 4.79 Å². The van der Waals surface area contributed by atoms with Crippen LogP contribution in [0.3, 0.4) is 0 Å². The van der Waals surface area contributed by atoms with Crippen LogP contribution in [0.15, 0.2) is 48.5 Å². The quantitative estimate of drug-likeness (QED) is 0.622. The Balaban J connectivity index is 1.48. The van der Waals surface area contributed by atoms with Crippen LogP contribution in [0.2, 0.25) is 0 Å². The maximum Gasteiger partial charge on any atom is 0.321 e. The van der Waals surface area contributed by atoms with Gasteiger partial charge in [0.25, 0.3) is 0 Å². The molecule has 0 aliphatic carbocycles. The van der Waals surface area contributed by atoms with Gasteiger partial charge < -0.3 is 15.1 Å². The summed E-state index contributed by atoms with van der Waals surface area (Å²) in [5, 5.41) is 11.9. The minimum Gasteiger partial charge on any atom is -0.354 e. The van der Waals surface area contributed by atoms with Crippen molar-refractivity contribution in [3.05, 3.63) is 82.3 Å². The largest absolute Gasteiger partial charge is 0.354 e. The first-order chi connectivity index (χ1) is 16.4. The number of nitrogens with one attached hydrogen (secondary N) is 1. The Bertz CT molecular complexity index is 1200. The normalized spacial score (nSPS) is 13.8. The van der Waals surface area contributed by atoms with E-state index in [1.54, 1.807) is 24.3 Å². The third-order valence-electron chi connectivity index (χ3n) is 6.15. The van der Waals surface area contributed by atoms with E-state index in [1.165, 1.54) is 11.1 Å². The number of nitrogens with zero attached hydrogens (tertiary/aromatic N) is 5. The molecule has 0 saturated carbocycles. The second-order valence-electron chi connectivity index (χ2n) is 8.77. The zero-order chi connectivity index (χ0) is 24.1. The molecular formula is C27H30N6O. The average Bonchev–Trinajstić information content (AvgIpc) is 3.09. The van der Waals surface area contributed by atoms with E-state index in [0.717, 1.165) is 42.3 Å². The number of aromatic nitrogens is 2. The van der Waals surface area contributed by atoms with Gasteiger partial charge in [-0.05, 0) is 57.0 Å². The zero-order valence-electron chi connectivity index (χ0n) is 20.0. The Morgan fingerprint density at radius 2 is 1.71 bits per heavy atom. The van der Waals surface area contributed by atoms with Gasteiger partial charge >= 0.3 is 6.03 Å². The highest BCUT2D eigenvalue weighted by atomic mass is 16.2. The summed E-state index contributed by atoms with van der Waals surface area (Å²) < 4.78 is 0. The molecule has 2 heterocycles. The summed E-state index contributed by atoms with van der Waals surface area (Å²) in [7, 11) is 0. The van der Waals surface area contributed by atoms with Crippen molar-refractivity contribution in [2.24, 2.45) is 0 Å². The van der Waals surface area contributed by atoms with E-state index in [2.05, 4.69) is 59.4 Å². The Kier molecular flexibility index (Phi) is 7.07. The highest BCUT2D eigenvalue weighted by Gasteiger charge is 2.23. The number of aryl methyl sites for hydroxylation is 3. The topological polar surface area (TPSA) is 85.2 Å². The molecule has 1 saturated heterocycles. The predicted molar refractivity (Wildman–Crippen MR) is 134 cm³/mol. The maximum atomic E-state index is 12.9. The second-order valence-corrected chi connectivity index (χ2v) is 8.77. The van der Waals surface area contributed by atoms with Gasteiger partial charge in [0.15, 0.2) is 0 Å². The van der Waals surface area contributed by atoms with Crippen LogP contribution in [0.4, 0.5) is 16.3 Å². The van der Waals surface area contributed by atoms with Crippen molar-refractivity contribution in [2.75, 3.05) is 36.4 Å². The molecule has 1 aromatic heterocycles. The molecule has 1 fully saturated rings. The first kappa shape index (κ1) is 23.2. The van der Waals surface area contributed by atoms with E-state index in [1.807, 2.05) is 11.8 Å². The lowest BCUT2D eigenvalue weighted by molar-refractivity contribution is 0.215. The van der Waals surface area contributed by atoms with Crippen molar-refractivity contribution in [3.63, 3.8) is 0 Å². The van der Waals surface area contributed by atoms with Crippen molar-refractivity contribution in [2.45, 2.75) is 33.6 Å². The van der Waals surface area contributed by atoms with E-state index in [4.69, 9.17) is 10.2 Å². The Morgan fingerprint density at radius 1 is 0.971 bits per heavy atom. The predicted octanol–water partition coefficient (Wildman–Crippen LogP) is 4.61. The summed E-state index contributed by atoms with van der Waals surface area (Å²) in [6, 6.07) is 17.5. The number of amides is 2. The number of benzene rings is 2. The van der Waals surface area contributed by atoms with Gasteiger partial charge in [-0.2, -0.15) is 5.26 Å². The number of hydrogen-bond donors (Lipinski definition) is 1. The molecule has 3 aromatic rings. The summed E-state index contributed by atoms with van der Waals surface area (Å²) in [6.07, 6.45) is 1.63. The number of carbonyl (C=O) groups is 1. The molecule has 1 aliphatic rings. The van der Waals surface area contributed by atoms with Crippen LogP contribution < -0.4 is 10.2 Å². The van der Waals surface area contributed by atoms with Crippen LogP contribution in [0, 0.1) is 32.1 Å². The van der Waals surface area contributed by atoms with Crippen LogP contribution in [0.1, 0.15) is 40.2 Å². The van der Waals surface area contributed by atoms with Crippen molar-refractivity contribution in [3.8, 4) is 6.07 Å². The van der Waals surface area contributed by atoms with Crippen LogP contribution in [0.25, 0.3) is 0 Å². The van der Waals surface area contributed by atoms with Gasteiger partial charge in [-0.15, -0.1) is 0 Å². The van der Waals surface area contributed by atoms with Crippen molar-refractivity contribution >= 4 is 17.5 Å². The molecule has 0 spiro atoms. The molecule has 7 nitrogen and oxygen atoms in total. The standard InChI is InChI=1S/C27H30N6O/c1-19-5-7-22(8-6-19)17-25-20(2)29-21(3)30-26(25)32-13-4-14-33(16-15-32)27(34)31-24-11-9-23(18-28)10-12-24/h5-12H,4,13-17H2,1-3H3,(H,31,34). The molecular weight excluding hydrogens is 424 g/mol. The molecule has 2 aromatic carbocycles. The SMILES string of the molecule is Cc1ccc(Cc2c(C)nc(C)nc2N2CCCN(C(=O)Nc3ccc(C#N)cc3)CC2)cc1. The monoisotopic (exact) mass is 454 g/mol. The van der Waals surface area contributed by atoms with Crippen molar-refractivity contribution in [1.29, 1.82) is 5.26 Å². The third kappa shape index (κ3) is 5.52. The Morgan fingerprint density at radius 3 is 2.41 bits per heavy atom. The van der Waals surface area contributed by atoms with Crippen LogP contribution in [-0.2, 0) is 6.42 Å². The minimum atomic E-state index is -0.124. The van der Waals surface area contributed by atoms with Crippen LogP contribution >= 0.6 is 0 Å². The van der Waals surface area contributed by atoms with Crippen molar-refractivity contribution in [1.82, 2.24) is 14.9 Å². The van der Waals surface area contributed by atoms with Gasteiger partial charge in [0, 0.05) is 49.5 Å². The molecule has 0 radical (unpaired) electrons. The minimum absolute atomic E-state index is 0.124. The molecule has 4 rings (SSSR count). The average molecular weight is 455 g/mol. The fourth-order valence-corrected chi connectivity index (χ4v) is 4.26. The van der Waals surface area contributed by atoms with Crippen LogP contribution in [-0.4, -0.2) is 47.1 Å². The lowest BCUT2D eigenvalue weighted by Crippen LogP contribution is -2.38. The smallest absolute Gasteiger partial charge is 0.321 e. The number of hydrogen-bond acceptors (Lipinski definition) is 5. The molecule has 0 atom stereocenters. The van der Waals surface area contributed by atoms with Crippen molar-refractivity contribution < 1.29 is 4.79 Å². The zero-order valence-corrected chi connectivity index (χ0v) is 20.0. The van der Waals surface area contributed by atoms with E-state index >= 15 is 0 Å². The summed E-state index contributed by atoms with van der Waals surface area (Å²) in [6.45, 7) is 8.90. The second kappa shape index (κ2) is 10.3. The number of rotatable bonds is 4. The number of urea groups is 1. The van der Waals surface area contributed by atoms with Gasteiger partial charge in [-0.1, -0.05) is 29.8 Å². The first-order valence-corrected chi connectivity index (χ1v) is 11.6. The first-order valence-electron chi connectivity index (χ1n) is 11.6. The molecule has 0 bridgehead atoms. The molecule has 7 heteroatoms. The summed E-state index contributed by atoms with van der Waals surface area (Å²) in [4.78, 5) is 26.5. The molecule has 2 amide bonds. The molecule has 1 aliphatic heterocycles. The Hall–Kier alpha value is -3.92. The molecule has 34 heavy (non-hydrogen) atoms. The summed E-state index contributed by atoms with van der Waals surface area (Å²) in [5.74, 6) is 1.74. The number of anilines is 2. The third-order valence-corrected chi connectivity index (χ3v) is 6.15.